The molecule has 1 saturated heterocycles. The summed E-state index contributed by atoms with van der Waals surface area (Å²) in [7, 11) is 1.63. The smallest absolute Gasteiger partial charge is 0.238 e. The summed E-state index contributed by atoms with van der Waals surface area (Å²) in [5, 5.41) is 6.74. The largest absolute Gasteiger partial charge is 0.496 e. The summed E-state index contributed by atoms with van der Waals surface area (Å²) < 4.78 is 24.0. The SMILES string of the molecule is COc1ccccc1Cc1noc(C2CN(CC(=O)Nc3ccc(F)c(Cl)c3)C2)n1. The number of halogens is 2. The maximum atomic E-state index is 13.2. The van der Waals surface area contributed by atoms with Gasteiger partial charge in [0.05, 0.1) is 24.6 Å². The van der Waals surface area contributed by atoms with Crippen molar-refractivity contribution >= 4 is 23.2 Å². The zero-order chi connectivity index (χ0) is 21.1. The number of nitrogens with zero attached hydrogens (tertiary/aromatic N) is 3. The molecule has 1 fully saturated rings. The topological polar surface area (TPSA) is 80.5 Å². The Morgan fingerprint density at radius 3 is 2.90 bits per heavy atom. The van der Waals surface area contributed by atoms with E-state index in [1.807, 2.05) is 29.2 Å². The molecule has 1 amide bonds. The first kappa shape index (κ1) is 20.3. The molecule has 156 valence electrons. The number of methoxy groups -OCH3 is 1. The van der Waals surface area contributed by atoms with Gasteiger partial charge in [-0.15, -0.1) is 0 Å². The number of likely N-dealkylation sites (tertiary alicyclic amines) is 1. The Labute approximate surface area is 177 Å². The van der Waals surface area contributed by atoms with Gasteiger partial charge in [0, 0.05) is 30.8 Å². The zero-order valence-corrected chi connectivity index (χ0v) is 17.0. The number of ether oxygens (including phenoxy) is 1. The third-order valence-corrected chi connectivity index (χ3v) is 5.19. The van der Waals surface area contributed by atoms with Gasteiger partial charge in [0.2, 0.25) is 11.8 Å². The van der Waals surface area contributed by atoms with Crippen molar-refractivity contribution in [3.05, 3.63) is 70.6 Å². The Kier molecular flexibility index (Phi) is 5.96. The Hall–Kier alpha value is -2.97. The Morgan fingerprint density at radius 2 is 2.13 bits per heavy atom. The lowest BCUT2D eigenvalue weighted by molar-refractivity contribution is -0.118. The Morgan fingerprint density at radius 1 is 1.33 bits per heavy atom. The molecular formula is C21H20ClFN4O3. The molecule has 1 aliphatic rings. The minimum atomic E-state index is -0.523. The van der Waals surface area contributed by atoms with Crippen molar-refractivity contribution in [3.8, 4) is 5.75 Å². The molecule has 7 nitrogen and oxygen atoms in total. The molecule has 0 radical (unpaired) electrons. The maximum absolute atomic E-state index is 13.2. The van der Waals surface area contributed by atoms with Gasteiger partial charge in [-0.2, -0.15) is 4.98 Å². The second-order valence-corrected chi connectivity index (χ2v) is 7.51. The van der Waals surface area contributed by atoms with Gasteiger partial charge in [0.15, 0.2) is 5.82 Å². The average Bonchev–Trinajstić information content (AvgIpc) is 3.15. The molecule has 30 heavy (non-hydrogen) atoms. The van der Waals surface area contributed by atoms with Gasteiger partial charge in [-0.05, 0) is 24.3 Å². The third kappa shape index (κ3) is 4.60. The first-order chi connectivity index (χ1) is 14.5. The fourth-order valence-corrected chi connectivity index (χ4v) is 3.54. The number of carbonyl (C=O) groups is 1. The molecule has 3 aromatic rings. The summed E-state index contributed by atoms with van der Waals surface area (Å²) in [6.45, 7) is 1.51. The van der Waals surface area contributed by atoms with Crippen LogP contribution in [0.4, 0.5) is 10.1 Å². The summed E-state index contributed by atoms with van der Waals surface area (Å²) >= 11 is 5.73. The fourth-order valence-electron chi connectivity index (χ4n) is 3.36. The lowest BCUT2D eigenvalue weighted by Gasteiger charge is -2.36. The number of nitrogens with one attached hydrogen (secondary N) is 1. The van der Waals surface area contributed by atoms with E-state index >= 15 is 0 Å². The first-order valence-electron chi connectivity index (χ1n) is 9.43. The van der Waals surface area contributed by atoms with Gasteiger partial charge in [0.25, 0.3) is 0 Å². The number of hydrogen-bond acceptors (Lipinski definition) is 6. The van der Waals surface area contributed by atoms with E-state index in [1.54, 1.807) is 7.11 Å². The summed E-state index contributed by atoms with van der Waals surface area (Å²) in [6, 6.07) is 11.8. The molecule has 0 spiro atoms. The average molecular weight is 431 g/mol. The van der Waals surface area contributed by atoms with Gasteiger partial charge in [-0.25, -0.2) is 4.39 Å². The van der Waals surface area contributed by atoms with Crippen LogP contribution in [0.3, 0.4) is 0 Å². The van der Waals surface area contributed by atoms with Crippen LogP contribution in [0.1, 0.15) is 23.2 Å². The first-order valence-corrected chi connectivity index (χ1v) is 9.81. The van der Waals surface area contributed by atoms with Gasteiger partial charge in [-0.1, -0.05) is 35.0 Å². The van der Waals surface area contributed by atoms with E-state index in [0.29, 0.717) is 36.9 Å². The maximum Gasteiger partial charge on any atom is 0.238 e. The molecule has 9 heteroatoms. The minimum absolute atomic E-state index is 0.0304. The standard InChI is InChI=1S/C21H20ClFN4O3/c1-29-18-5-3-2-4-13(18)8-19-25-21(30-26-19)14-10-27(11-14)12-20(28)24-15-6-7-17(23)16(22)9-15/h2-7,9,14H,8,10-12H2,1H3,(H,24,28). The second-order valence-electron chi connectivity index (χ2n) is 7.11. The predicted octanol–water partition coefficient (Wildman–Crippen LogP) is 3.50. The van der Waals surface area contributed by atoms with Crippen LogP contribution < -0.4 is 10.1 Å². The molecule has 4 rings (SSSR count). The number of hydrogen-bond donors (Lipinski definition) is 1. The number of para-hydroxylation sites is 1. The molecule has 0 unspecified atom stereocenters. The zero-order valence-electron chi connectivity index (χ0n) is 16.3. The van der Waals surface area contributed by atoms with Crippen molar-refractivity contribution in [2.75, 3.05) is 32.1 Å². The minimum Gasteiger partial charge on any atom is -0.496 e. The quantitative estimate of drug-likeness (QED) is 0.618. The van der Waals surface area contributed by atoms with E-state index in [4.69, 9.17) is 20.9 Å². The fraction of sp³-hybridized carbons (Fsp3) is 0.286. The van der Waals surface area contributed by atoms with Crippen LogP contribution in [-0.2, 0) is 11.2 Å². The molecular weight excluding hydrogens is 411 g/mol. The van der Waals surface area contributed by atoms with E-state index < -0.39 is 5.82 Å². The van der Waals surface area contributed by atoms with Crippen molar-refractivity contribution in [1.29, 1.82) is 0 Å². The molecule has 1 N–H and O–H groups in total. The van der Waals surface area contributed by atoms with Crippen molar-refractivity contribution < 1.29 is 18.4 Å². The Balaban J connectivity index is 1.27. The molecule has 2 heterocycles. The van der Waals surface area contributed by atoms with E-state index in [0.717, 1.165) is 11.3 Å². The summed E-state index contributed by atoms with van der Waals surface area (Å²) in [5.41, 5.74) is 1.45. The van der Waals surface area contributed by atoms with Gasteiger partial charge in [-0.3, -0.25) is 9.69 Å². The van der Waals surface area contributed by atoms with Crippen molar-refractivity contribution in [1.82, 2.24) is 15.0 Å². The van der Waals surface area contributed by atoms with Crippen molar-refractivity contribution in [2.45, 2.75) is 12.3 Å². The van der Waals surface area contributed by atoms with Gasteiger partial charge >= 0.3 is 0 Å². The van der Waals surface area contributed by atoms with E-state index in [9.17, 15) is 9.18 Å². The van der Waals surface area contributed by atoms with Crippen LogP contribution in [-0.4, -0.2) is 47.7 Å². The van der Waals surface area contributed by atoms with Crippen molar-refractivity contribution in [3.63, 3.8) is 0 Å². The molecule has 2 aromatic carbocycles. The molecule has 1 aliphatic heterocycles. The lowest BCUT2D eigenvalue weighted by Crippen LogP contribution is -2.48. The summed E-state index contributed by atoms with van der Waals surface area (Å²) in [6.07, 6.45) is 0.520. The molecule has 0 saturated carbocycles. The van der Waals surface area contributed by atoms with Crippen molar-refractivity contribution in [2.24, 2.45) is 0 Å². The van der Waals surface area contributed by atoms with Crippen LogP contribution in [0.15, 0.2) is 47.0 Å². The molecule has 0 atom stereocenters. The van der Waals surface area contributed by atoms with Gasteiger partial charge in [0.1, 0.15) is 11.6 Å². The van der Waals surface area contributed by atoms with E-state index in [1.165, 1.54) is 18.2 Å². The molecule has 1 aromatic heterocycles. The summed E-state index contributed by atoms with van der Waals surface area (Å²) in [4.78, 5) is 18.6. The van der Waals surface area contributed by atoms with Crippen LogP contribution in [0.2, 0.25) is 5.02 Å². The highest BCUT2D eigenvalue weighted by Gasteiger charge is 2.33. The number of aromatic nitrogens is 2. The number of anilines is 1. The van der Waals surface area contributed by atoms with Gasteiger partial charge < -0.3 is 14.6 Å². The summed E-state index contributed by atoms with van der Waals surface area (Å²) in [5.74, 6) is 1.33. The lowest BCUT2D eigenvalue weighted by atomic mass is 10.0. The molecule has 0 aliphatic carbocycles. The highest BCUT2D eigenvalue weighted by Crippen LogP contribution is 2.27. The third-order valence-electron chi connectivity index (χ3n) is 4.90. The van der Waals surface area contributed by atoms with E-state index in [2.05, 4.69) is 15.5 Å². The number of rotatable bonds is 7. The number of benzene rings is 2. The number of carbonyl (C=O) groups excluding carboxylic acids is 1. The second kappa shape index (κ2) is 8.81. The highest BCUT2D eigenvalue weighted by atomic mass is 35.5. The van der Waals surface area contributed by atoms with E-state index in [-0.39, 0.29) is 23.4 Å². The Bertz CT molecular complexity index is 1050. The van der Waals surface area contributed by atoms with Crippen LogP contribution >= 0.6 is 11.6 Å². The normalized spacial score (nSPS) is 14.4. The highest BCUT2D eigenvalue weighted by molar-refractivity contribution is 6.31. The van der Waals surface area contributed by atoms with Crippen LogP contribution in [0, 0.1) is 5.82 Å². The van der Waals surface area contributed by atoms with Crippen LogP contribution in [0.25, 0.3) is 0 Å². The van der Waals surface area contributed by atoms with Crippen LogP contribution in [0.5, 0.6) is 5.75 Å². The predicted molar refractivity (Wildman–Crippen MR) is 109 cm³/mol. The number of amides is 1. The molecule has 0 bridgehead atoms. The monoisotopic (exact) mass is 430 g/mol.